The lowest BCUT2D eigenvalue weighted by atomic mass is 9.84. The van der Waals surface area contributed by atoms with Crippen molar-refractivity contribution < 1.29 is 5.11 Å². The molecule has 0 bridgehead atoms. The van der Waals surface area contributed by atoms with E-state index in [0.717, 1.165) is 18.8 Å². The second-order valence-electron chi connectivity index (χ2n) is 6.28. The van der Waals surface area contributed by atoms with Gasteiger partial charge in [-0.2, -0.15) is 0 Å². The molecular formula is C19H24O. The van der Waals surface area contributed by atoms with Crippen molar-refractivity contribution in [1.82, 2.24) is 0 Å². The van der Waals surface area contributed by atoms with E-state index in [9.17, 15) is 5.11 Å². The first kappa shape index (κ1) is 13.6. The van der Waals surface area contributed by atoms with E-state index >= 15 is 0 Å². The summed E-state index contributed by atoms with van der Waals surface area (Å²) in [6.07, 6.45) is 8.31. The standard InChI is InChI=1S/C19H24O/c20-19(13-15-6-2-1-3-7-15)14-16-10-11-17-8-4-5-9-18(17)12-16/h4-5,8-12,15,19-20H,1-3,6-7,13-14H2. The van der Waals surface area contributed by atoms with E-state index < -0.39 is 0 Å². The first-order valence-electron chi connectivity index (χ1n) is 7.97. The van der Waals surface area contributed by atoms with E-state index in [1.165, 1.54) is 48.4 Å². The van der Waals surface area contributed by atoms with Gasteiger partial charge in [0, 0.05) is 0 Å². The first-order valence-corrected chi connectivity index (χ1v) is 7.97. The quantitative estimate of drug-likeness (QED) is 0.851. The lowest BCUT2D eigenvalue weighted by Crippen LogP contribution is -2.18. The summed E-state index contributed by atoms with van der Waals surface area (Å²) in [5, 5.41) is 12.9. The van der Waals surface area contributed by atoms with Gasteiger partial charge in [0.2, 0.25) is 0 Å². The SMILES string of the molecule is OC(Cc1ccc2ccccc2c1)CC1CCCCC1. The summed E-state index contributed by atoms with van der Waals surface area (Å²) < 4.78 is 0. The van der Waals surface area contributed by atoms with Gasteiger partial charge in [0.05, 0.1) is 6.10 Å². The fraction of sp³-hybridized carbons (Fsp3) is 0.474. The van der Waals surface area contributed by atoms with Crippen LogP contribution in [0.15, 0.2) is 42.5 Å². The Morgan fingerprint density at radius 3 is 2.50 bits per heavy atom. The molecule has 2 aromatic carbocycles. The van der Waals surface area contributed by atoms with Crippen LogP contribution in [0.2, 0.25) is 0 Å². The van der Waals surface area contributed by atoms with E-state index in [0.29, 0.717) is 0 Å². The van der Waals surface area contributed by atoms with Gasteiger partial charge in [0.25, 0.3) is 0 Å². The number of hydrogen-bond donors (Lipinski definition) is 1. The number of aliphatic hydroxyl groups excluding tert-OH is 1. The molecule has 3 rings (SSSR count). The van der Waals surface area contributed by atoms with Crippen molar-refractivity contribution in [1.29, 1.82) is 0 Å². The molecule has 106 valence electrons. The number of hydrogen-bond acceptors (Lipinski definition) is 1. The third kappa shape index (κ3) is 3.40. The van der Waals surface area contributed by atoms with Gasteiger partial charge in [0.15, 0.2) is 0 Å². The molecule has 0 radical (unpaired) electrons. The lowest BCUT2D eigenvalue weighted by molar-refractivity contribution is 0.130. The molecular weight excluding hydrogens is 244 g/mol. The van der Waals surface area contributed by atoms with Crippen molar-refractivity contribution in [2.45, 2.75) is 51.0 Å². The molecule has 0 amide bonds. The highest BCUT2D eigenvalue weighted by molar-refractivity contribution is 5.82. The molecule has 0 aliphatic heterocycles. The summed E-state index contributed by atoms with van der Waals surface area (Å²) in [4.78, 5) is 0. The Kier molecular flexibility index (Phi) is 4.37. The predicted octanol–water partition coefficient (Wildman–Crippen LogP) is 4.71. The van der Waals surface area contributed by atoms with Crippen LogP contribution >= 0.6 is 0 Å². The Morgan fingerprint density at radius 1 is 0.950 bits per heavy atom. The monoisotopic (exact) mass is 268 g/mol. The van der Waals surface area contributed by atoms with Crippen LogP contribution < -0.4 is 0 Å². The third-order valence-corrected chi connectivity index (χ3v) is 4.62. The van der Waals surface area contributed by atoms with E-state index in [2.05, 4.69) is 42.5 Å². The van der Waals surface area contributed by atoms with Crippen molar-refractivity contribution in [3.63, 3.8) is 0 Å². The molecule has 0 spiro atoms. The Hall–Kier alpha value is -1.34. The van der Waals surface area contributed by atoms with Crippen molar-refractivity contribution >= 4 is 10.8 Å². The highest BCUT2D eigenvalue weighted by Crippen LogP contribution is 2.28. The van der Waals surface area contributed by atoms with E-state index in [1.807, 2.05) is 0 Å². The molecule has 20 heavy (non-hydrogen) atoms. The van der Waals surface area contributed by atoms with Crippen LogP contribution in [0.4, 0.5) is 0 Å². The predicted molar refractivity (Wildman–Crippen MR) is 84.9 cm³/mol. The minimum atomic E-state index is -0.181. The molecule has 0 aromatic heterocycles. The summed E-state index contributed by atoms with van der Waals surface area (Å²) >= 11 is 0. The topological polar surface area (TPSA) is 20.2 Å². The van der Waals surface area contributed by atoms with Crippen molar-refractivity contribution in [3.05, 3.63) is 48.0 Å². The molecule has 0 heterocycles. The maximum atomic E-state index is 10.3. The highest BCUT2D eigenvalue weighted by Gasteiger charge is 2.17. The van der Waals surface area contributed by atoms with Gasteiger partial charge in [-0.15, -0.1) is 0 Å². The van der Waals surface area contributed by atoms with Gasteiger partial charge < -0.3 is 5.11 Å². The smallest absolute Gasteiger partial charge is 0.0583 e. The summed E-state index contributed by atoms with van der Waals surface area (Å²) in [7, 11) is 0. The molecule has 1 nitrogen and oxygen atoms in total. The van der Waals surface area contributed by atoms with Crippen LogP contribution in [0.25, 0.3) is 10.8 Å². The van der Waals surface area contributed by atoms with Gasteiger partial charge >= 0.3 is 0 Å². The molecule has 1 unspecified atom stereocenters. The fourth-order valence-electron chi connectivity index (χ4n) is 3.53. The number of benzene rings is 2. The van der Waals surface area contributed by atoms with Crippen LogP contribution in [0.3, 0.4) is 0 Å². The maximum Gasteiger partial charge on any atom is 0.0583 e. The minimum absolute atomic E-state index is 0.181. The molecule has 1 aliphatic carbocycles. The molecule has 1 heteroatoms. The second-order valence-corrected chi connectivity index (χ2v) is 6.28. The van der Waals surface area contributed by atoms with E-state index in [1.54, 1.807) is 0 Å². The normalized spacial score (nSPS) is 18.2. The van der Waals surface area contributed by atoms with E-state index in [4.69, 9.17) is 0 Å². The van der Waals surface area contributed by atoms with Crippen molar-refractivity contribution in [2.75, 3.05) is 0 Å². The molecule has 1 N–H and O–H groups in total. The highest BCUT2D eigenvalue weighted by atomic mass is 16.3. The van der Waals surface area contributed by atoms with E-state index in [-0.39, 0.29) is 6.10 Å². The summed E-state index contributed by atoms with van der Waals surface area (Å²) in [5.74, 6) is 0.749. The number of aliphatic hydroxyl groups is 1. The van der Waals surface area contributed by atoms with Crippen LogP contribution in [0, 0.1) is 5.92 Å². The minimum Gasteiger partial charge on any atom is -0.393 e. The fourth-order valence-corrected chi connectivity index (χ4v) is 3.53. The summed E-state index contributed by atoms with van der Waals surface area (Å²) in [6.45, 7) is 0. The van der Waals surface area contributed by atoms with Gasteiger partial charge in [-0.3, -0.25) is 0 Å². The Bertz CT molecular complexity index is 554. The molecule has 2 aromatic rings. The largest absolute Gasteiger partial charge is 0.393 e. The first-order chi connectivity index (χ1) is 9.81. The Balaban J connectivity index is 1.62. The van der Waals surface area contributed by atoms with Gasteiger partial charge in [0.1, 0.15) is 0 Å². The average molecular weight is 268 g/mol. The van der Waals surface area contributed by atoms with Crippen LogP contribution in [-0.4, -0.2) is 11.2 Å². The second kappa shape index (κ2) is 6.41. The molecule has 1 fully saturated rings. The van der Waals surface area contributed by atoms with Crippen LogP contribution in [0.1, 0.15) is 44.1 Å². The van der Waals surface area contributed by atoms with Crippen molar-refractivity contribution in [3.8, 4) is 0 Å². The van der Waals surface area contributed by atoms with Crippen LogP contribution in [-0.2, 0) is 6.42 Å². The molecule has 1 atom stereocenters. The molecule has 0 saturated heterocycles. The number of fused-ring (bicyclic) bond motifs is 1. The zero-order valence-electron chi connectivity index (χ0n) is 12.1. The zero-order chi connectivity index (χ0) is 13.8. The Morgan fingerprint density at radius 2 is 1.70 bits per heavy atom. The zero-order valence-corrected chi connectivity index (χ0v) is 12.1. The van der Waals surface area contributed by atoms with Gasteiger partial charge in [-0.25, -0.2) is 0 Å². The third-order valence-electron chi connectivity index (χ3n) is 4.62. The summed E-state index contributed by atoms with van der Waals surface area (Å²) in [6, 6.07) is 15.0. The number of rotatable bonds is 4. The van der Waals surface area contributed by atoms with Crippen molar-refractivity contribution in [2.24, 2.45) is 5.92 Å². The molecule has 1 saturated carbocycles. The summed E-state index contributed by atoms with van der Waals surface area (Å²) in [5.41, 5.74) is 1.26. The molecule has 1 aliphatic rings. The lowest BCUT2D eigenvalue weighted by Gasteiger charge is -2.24. The van der Waals surface area contributed by atoms with Crippen LogP contribution in [0.5, 0.6) is 0 Å². The maximum absolute atomic E-state index is 10.3. The Labute approximate surface area is 121 Å². The van der Waals surface area contributed by atoms with Gasteiger partial charge in [-0.1, -0.05) is 74.6 Å². The average Bonchev–Trinajstić information content (AvgIpc) is 2.48. The van der Waals surface area contributed by atoms with Gasteiger partial charge in [-0.05, 0) is 35.1 Å².